The number of hydrogen-bond acceptors (Lipinski definition) is 6. The molecule has 9 nitrogen and oxygen atoms in total. The molecule has 2 aromatic carbocycles. The van der Waals surface area contributed by atoms with Crippen LogP contribution in [-0.2, 0) is 11.2 Å². The number of ether oxygens (including phenoxy) is 2. The third-order valence-corrected chi connectivity index (χ3v) is 8.17. The zero-order valence-electron chi connectivity index (χ0n) is 25.0. The van der Waals surface area contributed by atoms with Crippen LogP contribution in [0, 0.1) is 0 Å². The fourth-order valence-corrected chi connectivity index (χ4v) is 5.56. The third-order valence-electron chi connectivity index (χ3n) is 8.17. The minimum atomic E-state index is -4.78. The minimum Gasteiger partial charge on any atom is -0.494 e. The van der Waals surface area contributed by atoms with Crippen molar-refractivity contribution >= 4 is 22.7 Å². The van der Waals surface area contributed by atoms with E-state index in [-0.39, 0.29) is 41.3 Å². The summed E-state index contributed by atoms with van der Waals surface area (Å²) in [5.41, 5.74) is 7.91. The molecule has 2 aliphatic carbocycles. The Balaban J connectivity index is 1.34. The van der Waals surface area contributed by atoms with Crippen LogP contribution in [0.4, 0.5) is 13.2 Å². The maximum atomic E-state index is 14.7. The van der Waals surface area contributed by atoms with Crippen LogP contribution in [-0.4, -0.2) is 53.0 Å². The Bertz CT molecular complexity index is 1740. The molecule has 0 radical (unpaired) electrons. The number of halogens is 3. The topological polar surface area (TPSA) is 121 Å². The first-order chi connectivity index (χ1) is 21.5. The monoisotopic (exact) mass is 621 g/mol. The van der Waals surface area contributed by atoms with Crippen LogP contribution in [0.15, 0.2) is 48.7 Å². The number of carbonyl (C=O) groups excluding carboxylic acids is 2. The smallest absolute Gasteiger partial charge is 0.398 e. The highest BCUT2D eigenvalue weighted by Gasteiger charge is 2.43. The number of rotatable bonds is 12. The summed E-state index contributed by atoms with van der Waals surface area (Å²) >= 11 is 0. The highest BCUT2D eigenvalue weighted by Crippen LogP contribution is 2.43. The van der Waals surface area contributed by atoms with Crippen molar-refractivity contribution in [1.82, 2.24) is 20.1 Å². The molecule has 2 fully saturated rings. The van der Waals surface area contributed by atoms with Crippen molar-refractivity contribution in [1.29, 1.82) is 0 Å². The van der Waals surface area contributed by atoms with E-state index >= 15 is 0 Å². The van der Waals surface area contributed by atoms with E-state index < -0.39 is 30.5 Å². The van der Waals surface area contributed by atoms with Crippen molar-refractivity contribution in [3.05, 3.63) is 71.0 Å². The molecule has 0 unspecified atom stereocenters. The standard InChI is InChI=1S/C33H34F3N5O4/c1-3-45-31-21(15-28(37)42)13-26(39-30(31)20-8-6-19(7-9-20)18-4-5-18)25(33(34,35)36)16-38-32(43)22-12-23-17-41(24-10-11-24)40-29(23)27(14-22)44-2/h6-9,12-14,17-18,24-25H,3-5,10-11,15-16H2,1-2H3,(H2,37,42)(H,38,43)/t25-/m1/s1. The van der Waals surface area contributed by atoms with Crippen LogP contribution in [0.25, 0.3) is 22.2 Å². The molecule has 4 aromatic rings. The number of nitrogens with two attached hydrogens (primary N) is 1. The van der Waals surface area contributed by atoms with Crippen LogP contribution in [0.5, 0.6) is 11.5 Å². The Morgan fingerprint density at radius 1 is 1.11 bits per heavy atom. The summed E-state index contributed by atoms with van der Waals surface area (Å²) in [5, 5.41) is 7.65. The number of pyridine rings is 1. The highest BCUT2D eigenvalue weighted by atomic mass is 19.4. The minimum absolute atomic E-state index is 0.140. The maximum Gasteiger partial charge on any atom is 0.398 e. The molecule has 45 heavy (non-hydrogen) atoms. The number of hydrogen-bond donors (Lipinski definition) is 2. The fourth-order valence-electron chi connectivity index (χ4n) is 5.56. The zero-order valence-corrected chi connectivity index (χ0v) is 25.0. The van der Waals surface area contributed by atoms with E-state index in [4.69, 9.17) is 15.2 Å². The number of carbonyl (C=O) groups is 2. The number of fused-ring (bicyclic) bond motifs is 1. The van der Waals surface area contributed by atoms with Gasteiger partial charge in [0.1, 0.15) is 28.6 Å². The Hall–Kier alpha value is -4.61. The quantitative estimate of drug-likeness (QED) is 0.206. The van der Waals surface area contributed by atoms with Gasteiger partial charge in [-0.25, -0.2) is 4.98 Å². The molecular weight excluding hydrogens is 587 g/mol. The average Bonchev–Trinajstić information content (AvgIpc) is 3.94. The number of methoxy groups -OCH3 is 1. The van der Waals surface area contributed by atoms with Gasteiger partial charge in [0.2, 0.25) is 5.91 Å². The molecule has 3 N–H and O–H groups in total. The van der Waals surface area contributed by atoms with Crippen molar-refractivity contribution in [2.24, 2.45) is 5.73 Å². The number of aromatic nitrogens is 3. The van der Waals surface area contributed by atoms with E-state index in [1.165, 1.54) is 19.2 Å². The first-order valence-electron chi connectivity index (χ1n) is 15.0. The van der Waals surface area contributed by atoms with Crippen molar-refractivity contribution in [2.45, 2.75) is 63.1 Å². The van der Waals surface area contributed by atoms with Crippen molar-refractivity contribution < 1.29 is 32.2 Å². The molecule has 0 saturated heterocycles. The molecule has 2 heterocycles. The van der Waals surface area contributed by atoms with Gasteiger partial charge in [-0.3, -0.25) is 14.3 Å². The maximum absolute atomic E-state index is 14.7. The summed E-state index contributed by atoms with van der Waals surface area (Å²) in [4.78, 5) is 29.7. The first-order valence-corrected chi connectivity index (χ1v) is 15.0. The van der Waals surface area contributed by atoms with Gasteiger partial charge < -0.3 is 20.5 Å². The number of benzene rings is 2. The van der Waals surface area contributed by atoms with Crippen LogP contribution in [0.3, 0.4) is 0 Å². The normalized spacial score (nSPS) is 15.6. The summed E-state index contributed by atoms with van der Waals surface area (Å²) in [5.74, 6) is -2.57. The average molecular weight is 622 g/mol. The SMILES string of the molecule is CCOc1c(CC(N)=O)cc([C@@H](CNC(=O)c2cc(OC)c3nn(C4CC4)cc3c2)C(F)(F)F)nc1-c1ccc(C2CC2)cc1. The second-order valence-electron chi connectivity index (χ2n) is 11.6. The zero-order chi connectivity index (χ0) is 31.9. The molecule has 6 rings (SSSR count). The number of nitrogens with zero attached hydrogens (tertiary/aromatic N) is 3. The van der Waals surface area contributed by atoms with Gasteiger partial charge in [0.05, 0.1) is 31.9 Å². The lowest BCUT2D eigenvalue weighted by molar-refractivity contribution is -0.149. The van der Waals surface area contributed by atoms with Crippen LogP contribution >= 0.6 is 0 Å². The molecule has 2 aliphatic rings. The Kier molecular flexibility index (Phi) is 8.15. The van der Waals surface area contributed by atoms with Gasteiger partial charge in [-0.15, -0.1) is 0 Å². The van der Waals surface area contributed by atoms with Gasteiger partial charge >= 0.3 is 6.18 Å². The van der Waals surface area contributed by atoms with Gasteiger partial charge in [0, 0.05) is 34.8 Å². The van der Waals surface area contributed by atoms with Crippen LogP contribution < -0.4 is 20.5 Å². The summed E-state index contributed by atoms with van der Waals surface area (Å²) in [7, 11) is 1.45. The molecular formula is C33H34F3N5O4. The van der Waals surface area contributed by atoms with Gasteiger partial charge in [-0.2, -0.15) is 18.3 Å². The molecule has 236 valence electrons. The van der Waals surface area contributed by atoms with Crippen molar-refractivity contribution in [3.8, 4) is 22.8 Å². The van der Waals surface area contributed by atoms with E-state index in [2.05, 4.69) is 15.4 Å². The van der Waals surface area contributed by atoms with Gasteiger partial charge in [0.25, 0.3) is 5.91 Å². The molecule has 1 atom stereocenters. The molecule has 0 aliphatic heterocycles. The number of primary amides is 1. The van der Waals surface area contributed by atoms with E-state index in [9.17, 15) is 22.8 Å². The van der Waals surface area contributed by atoms with Crippen molar-refractivity contribution in [2.75, 3.05) is 20.3 Å². The lowest BCUT2D eigenvalue weighted by Gasteiger charge is -2.23. The summed E-state index contributed by atoms with van der Waals surface area (Å²) in [6, 6.07) is 12.0. The molecule has 2 saturated carbocycles. The Labute approximate surface area is 257 Å². The van der Waals surface area contributed by atoms with Crippen LogP contribution in [0.1, 0.15) is 77.7 Å². The number of alkyl halides is 3. The van der Waals surface area contributed by atoms with Crippen molar-refractivity contribution in [3.63, 3.8) is 0 Å². The molecule has 12 heteroatoms. The summed E-state index contributed by atoms with van der Waals surface area (Å²) in [6.07, 6.45) is 0.912. The molecule has 0 spiro atoms. The Morgan fingerprint density at radius 2 is 1.84 bits per heavy atom. The van der Waals surface area contributed by atoms with Gasteiger partial charge in [0.15, 0.2) is 0 Å². The van der Waals surface area contributed by atoms with E-state index in [1.54, 1.807) is 25.1 Å². The number of amides is 2. The third kappa shape index (κ3) is 6.59. The number of nitrogens with one attached hydrogen (secondary N) is 1. The lowest BCUT2D eigenvalue weighted by Crippen LogP contribution is -2.35. The van der Waals surface area contributed by atoms with E-state index in [0.29, 0.717) is 34.2 Å². The highest BCUT2D eigenvalue weighted by molar-refractivity contribution is 5.99. The van der Waals surface area contributed by atoms with E-state index in [0.717, 1.165) is 31.2 Å². The second-order valence-corrected chi connectivity index (χ2v) is 11.6. The van der Waals surface area contributed by atoms with E-state index in [1.807, 2.05) is 23.0 Å². The molecule has 0 bridgehead atoms. The lowest BCUT2D eigenvalue weighted by atomic mass is 9.97. The molecule has 2 amide bonds. The van der Waals surface area contributed by atoms with Crippen LogP contribution in [0.2, 0.25) is 0 Å². The summed E-state index contributed by atoms with van der Waals surface area (Å²) in [6.45, 7) is 1.15. The van der Waals surface area contributed by atoms with Gasteiger partial charge in [-0.05, 0) is 62.3 Å². The van der Waals surface area contributed by atoms with Gasteiger partial charge in [-0.1, -0.05) is 24.3 Å². The second kappa shape index (κ2) is 12.1. The first kappa shape index (κ1) is 30.4. The molecule has 2 aromatic heterocycles. The Morgan fingerprint density at radius 3 is 2.44 bits per heavy atom. The summed E-state index contributed by atoms with van der Waals surface area (Å²) < 4.78 is 57.0. The predicted octanol–water partition coefficient (Wildman–Crippen LogP) is 5.82. The predicted molar refractivity (Wildman–Crippen MR) is 161 cm³/mol. The fraction of sp³-hybridized carbons (Fsp3) is 0.394. The largest absolute Gasteiger partial charge is 0.494 e.